The summed E-state index contributed by atoms with van der Waals surface area (Å²) in [5.74, 6) is -0.679. The zero-order valence-corrected chi connectivity index (χ0v) is 16.3. The lowest BCUT2D eigenvalue weighted by Gasteiger charge is -2.18. The average Bonchev–Trinajstić information content (AvgIpc) is 2.65. The van der Waals surface area contributed by atoms with Crippen LogP contribution in [0.5, 0.6) is 0 Å². The second-order valence-electron chi connectivity index (χ2n) is 6.04. The van der Waals surface area contributed by atoms with Gasteiger partial charge in [0.2, 0.25) is 21.8 Å². The molecule has 2 rings (SSSR count). The highest BCUT2D eigenvalue weighted by Crippen LogP contribution is 2.23. The molecule has 1 atom stereocenters. The number of amides is 2. The average molecular weight is 391 g/mol. The van der Waals surface area contributed by atoms with Gasteiger partial charge < -0.3 is 10.6 Å². The molecule has 3 N–H and O–H groups in total. The zero-order valence-electron chi connectivity index (χ0n) is 15.5. The van der Waals surface area contributed by atoms with Gasteiger partial charge in [0, 0.05) is 24.9 Å². The number of carbonyl (C=O) groups excluding carboxylic acids is 2. The van der Waals surface area contributed by atoms with Crippen molar-refractivity contribution in [2.75, 3.05) is 13.1 Å². The predicted molar refractivity (Wildman–Crippen MR) is 105 cm³/mol. The fourth-order valence-corrected chi connectivity index (χ4v) is 4.24. The second-order valence-corrected chi connectivity index (χ2v) is 7.72. The van der Waals surface area contributed by atoms with E-state index in [-0.39, 0.29) is 23.6 Å². The molecule has 27 heavy (non-hydrogen) atoms. The van der Waals surface area contributed by atoms with Gasteiger partial charge in [0.15, 0.2) is 0 Å². The van der Waals surface area contributed by atoms with Crippen LogP contribution in [0.25, 0.3) is 10.8 Å². The fraction of sp³-hybridized carbons (Fsp3) is 0.368. The van der Waals surface area contributed by atoms with Gasteiger partial charge in [-0.15, -0.1) is 0 Å². The Kier molecular flexibility index (Phi) is 7.32. The maximum Gasteiger partial charge on any atom is 0.241 e. The summed E-state index contributed by atoms with van der Waals surface area (Å²) in [4.78, 5) is 24.1. The van der Waals surface area contributed by atoms with Crippen LogP contribution in [0.2, 0.25) is 0 Å². The number of rotatable bonds is 9. The third-order valence-corrected chi connectivity index (χ3v) is 5.57. The number of benzene rings is 2. The first-order valence-electron chi connectivity index (χ1n) is 8.93. The summed E-state index contributed by atoms with van der Waals surface area (Å²) in [6.45, 7) is 4.39. The number of fused-ring (bicyclic) bond motifs is 1. The summed E-state index contributed by atoms with van der Waals surface area (Å²) < 4.78 is 28.4. The predicted octanol–water partition coefficient (Wildman–Crippen LogP) is 1.54. The topological polar surface area (TPSA) is 104 Å². The minimum absolute atomic E-state index is 0.0493. The molecule has 0 fully saturated rings. The van der Waals surface area contributed by atoms with E-state index in [1.54, 1.807) is 32.0 Å². The molecule has 0 spiro atoms. The number of carbonyl (C=O) groups is 2. The highest BCUT2D eigenvalue weighted by molar-refractivity contribution is 7.89. The molecule has 0 radical (unpaired) electrons. The van der Waals surface area contributed by atoms with Crippen LogP contribution in [0, 0.1) is 0 Å². The minimum Gasteiger partial charge on any atom is -0.356 e. The number of nitrogens with one attached hydrogen (secondary N) is 3. The van der Waals surface area contributed by atoms with E-state index in [1.807, 2.05) is 18.2 Å². The first kappa shape index (κ1) is 20.9. The van der Waals surface area contributed by atoms with Gasteiger partial charge in [-0.3, -0.25) is 9.59 Å². The van der Waals surface area contributed by atoms with Crippen molar-refractivity contribution >= 4 is 32.6 Å². The third-order valence-electron chi connectivity index (χ3n) is 4.04. The van der Waals surface area contributed by atoms with Crippen LogP contribution in [-0.4, -0.2) is 39.4 Å². The Hall–Kier alpha value is -2.45. The highest BCUT2D eigenvalue weighted by Gasteiger charge is 2.27. The van der Waals surface area contributed by atoms with Gasteiger partial charge in [0.05, 0.1) is 4.90 Å². The van der Waals surface area contributed by atoms with Crippen LogP contribution in [0.3, 0.4) is 0 Å². The maximum absolute atomic E-state index is 12.9. The van der Waals surface area contributed by atoms with Crippen molar-refractivity contribution in [1.82, 2.24) is 15.4 Å². The largest absolute Gasteiger partial charge is 0.356 e. The van der Waals surface area contributed by atoms with Crippen LogP contribution >= 0.6 is 0 Å². The summed E-state index contributed by atoms with van der Waals surface area (Å²) in [6, 6.07) is 11.1. The molecule has 2 aromatic carbocycles. The summed E-state index contributed by atoms with van der Waals surface area (Å²) in [5, 5.41) is 6.62. The van der Waals surface area contributed by atoms with Crippen LogP contribution in [0.15, 0.2) is 47.4 Å². The van der Waals surface area contributed by atoms with E-state index in [4.69, 9.17) is 0 Å². The zero-order chi connectivity index (χ0) is 19.9. The van der Waals surface area contributed by atoms with Gasteiger partial charge in [-0.1, -0.05) is 36.4 Å². The van der Waals surface area contributed by atoms with Crippen LogP contribution < -0.4 is 15.4 Å². The standard InChI is InChI=1S/C19H25N3O4S/c1-3-20-18(23)13-12-16(19(24)21-4-2)22-27(25,26)17-11-7-9-14-8-5-6-10-15(14)17/h5-11,16,22H,3-4,12-13H2,1-2H3,(H,20,23)(H,21,24). The molecule has 8 heteroatoms. The van der Waals surface area contributed by atoms with E-state index in [0.717, 1.165) is 5.39 Å². The summed E-state index contributed by atoms with van der Waals surface area (Å²) in [5.41, 5.74) is 0. The Bertz CT molecular complexity index is 907. The van der Waals surface area contributed by atoms with E-state index in [0.29, 0.717) is 18.5 Å². The fourth-order valence-electron chi connectivity index (χ4n) is 2.78. The smallest absolute Gasteiger partial charge is 0.241 e. The Morgan fingerprint density at radius 1 is 0.963 bits per heavy atom. The van der Waals surface area contributed by atoms with Crippen LogP contribution in [-0.2, 0) is 19.6 Å². The molecule has 0 bridgehead atoms. The van der Waals surface area contributed by atoms with Crippen molar-refractivity contribution in [2.24, 2.45) is 0 Å². The molecule has 0 aliphatic heterocycles. The van der Waals surface area contributed by atoms with E-state index in [9.17, 15) is 18.0 Å². The lowest BCUT2D eigenvalue weighted by molar-refractivity contribution is -0.123. The SMILES string of the molecule is CCNC(=O)CCC(NS(=O)(=O)c1cccc2ccccc12)C(=O)NCC. The Balaban J connectivity index is 2.28. The summed E-state index contributed by atoms with van der Waals surface area (Å²) >= 11 is 0. The molecule has 146 valence electrons. The summed E-state index contributed by atoms with van der Waals surface area (Å²) in [6.07, 6.45) is 0.120. The van der Waals surface area contributed by atoms with Crippen molar-refractivity contribution in [1.29, 1.82) is 0 Å². The summed E-state index contributed by atoms with van der Waals surface area (Å²) in [7, 11) is -3.95. The molecular weight excluding hydrogens is 366 g/mol. The molecule has 1 unspecified atom stereocenters. The number of sulfonamides is 1. The van der Waals surface area contributed by atoms with E-state index in [2.05, 4.69) is 15.4 Å². The Morgan fingerprint density at radius 3 is 2.33 bits per heavy atom. The molecule has 2 aromatic rings. The molecule has 0 saturated heterocycles. The Morgan fingerprint density at radius 2 is 1.63 bits per heavy atom. The van der Waals surface area contributed by atoms with Gasteiger partial charge >= 0.3 is 0 Å². The maximum atomic E-state index is 12.9. The number of hydrogen-bond acceptors (Lipinski definition) is 4. The first-order chi connectivity index (χ1) is 12.9. The monoisotopic (exact) mass is 391 g/mol. The molecule has 0 heterocycles. The number of hydrogen-bond donors (Lipinski definition) is 3. The molecule has 2 amide bonds. The normalized spacial score (nSPS) is 12.5. The van der Waals surface area contributed by atoms with Crippen molar-refractivity contribution < 1.29 is 18.0 Å². The van der Waals surface area contributed by atoms with Crippen LogP contribution in [0.1, 0.15) is 26.7 Å². The molecular formula is C19H25N3O4S. The molecule has 0 aliphatic carbocycles. The third kappa shape index (κ3) is 5.51. The molecule has 0 saturated carbocycles. The van der Waals surface area contributed by atoms with Crippen molar-refractivity contribution in [3.8, 4) is 0 Å². The molecule has 0 aliphatic rings. The van der Waals surface area contributed by atoms with Crippen LogP contribution in [0.4, 0.5) is 0 Å². The second kappa shape index (κ2) is 9.48. The molecule has 7 nitrogen and oxygen atoms in total. The van der Waals surface area contributed by atoms with E-state index < -0.39 is 22.0 Å². The van der Waals surface area contributed by atoms with E-state index in [1.165, 1.54) is 6.07 Å². The lowest BCUT2D eigenvalue weighted by atomic mass is 10.1. The van der Waals surface area contributed by atoms with Gasteiger partial charge in [0.25, 0.3) is 0 Å². The van der Waals surface area contributed by atoms with Gasteiger partial charge in [-0.25, -0.2) is 8.42 Å². The minimum atomic E-state index is -3.95. The van der Waals surface area contributed by atoms with Gasteiger partial charge in [0.1, 0.15) is 6.04 Å². The highest BCUT2D eigenvalue weighted by atomic mass is 32.2. The molecule has 0 aromatic heterocycles. The van der Waals surface area contributed by atoms with Gasteiger partial charge in [-0.2, -0.15) is 4.72 Å². The van der Waals surface area contributed by atoms with Crippen molar-refractivity contribution in [2.45, 2.75) is 37.6 Å². The first-order valence-corrected chi connectivity index (χ1v) is 10.4. The van der Waals surface area contributed by atoms with Crippen molar-refractivity contribution in [3.05, 3.63) is 42.5 Å². The van der Waals surface area contributed by atoms with Gasteiger partial charge in [-0.05, 0) is 31.7 Å². The number of likely N-dealkylation sites (N-methyl/N-ethyl adjacent to an activating group) is 1. The van der Waals surface area contributed by atoms with Crippen molar-refractivity contribution in [3.63, 3.8) is 0 Å². The lowest BCUT2D eigenvalue weighted by Crippen LogP contribution is -2.47. The quantitative estimate of drug-likeness (QED) is 0.603. The van der Waals surface area contributed by atoms with E-state index >= 15 is 0 Å². The Labute approximate surface area is 159 Å².